The van der Waals surface area contributed by atoms with E-state index in [4.69, 9.17) is 0 Å². The van der Waals surface area contributed by atoms with E-state index in [2.05, 4.69) is 36.1 Å². The lowest BCUT2D eigenvalue weighted by molar-refractivity contribution is 0.431. The zero-order valence-corrected chi connectivity index (χ0v) is 12.2. The first-order valence-corrected chi connectivity index (χ1v) is 7.18. The maximum atomic E-state index is 4.42. The summed E-state index contributed by atoms with van der Waals surface area (Å²) >= 11 is 0. The molecule has 0 amide bonds. The lowest BCUT2D eigenvalue weighted by atomic mass is 10.1. The van der Waals surface area contributed by atoms with Crippen LogP contribution in [0.3, 0.4) is 0 Å². The summed E-state index contributed by atoms with van der Waals surface area (Å²) < 4.78 is 0. The van der Waals surface area contributed by atoms with Gasteiger partial charge in [0.15, 0.2) is 0 Å². The van der Waals surface area contributed by atoms with Crippen LogP contribution in [0.2, 0.25) is 0 Å². The fourth-order valence-corrected chi connectivity index (χ4v) is 2.31. The van der Waals surface area contributed by atoms with Gasteiger partial charge in [-0.1, -0.05) is 32.6 Å². The zero-order valence-electron chi connectivity index (χ0n) is 12.2. The summed E-state index contributed by atoms with van der Waals surface area (Å²) in [5.74, 6) is 0. The molecule has 1 N–H and O–H groups in total. The third-order valence-electron chi connectivity index (χ3n) is 3.35. The van der Waals surface area contributed by atoms with E-state index in [1.165, 1.54) is 32.1 Å². The molecule has 3 nitrogen and oxygen atoms in total. The van der Waals surface area contributed by atoms with Crippen molar-refractivity contribution < 1.29 is 0 Å². The van der Waals surface area contributed by atoms with Gasteiger partial charge in [0.1, 0.15) is 0 Å². The van der Waals surface area contributed by atoms with Gasteiger partial charge in [-0.05, 0) is 27.2 Å². The van der Waals surface area contributed by atoms with Gasteiger partial charge in [0, 0.05) is 24.5 Å². The number of unbranched alkanes of at least 4 members (excludes halogenated alkanes) is 3. The number of rotatable bonds is 8. The van der Waals surface area contributed by atoms with Crippen LogP contribution in [-0.4, -0.2) is 16.0 Å². The molecule has 0 aliphatic rings. The van der Waals surface area contributed by atoms with Crippen molar-refractivity contribution >= 4 is 0 Å². The molecule has 0 bridgehead atoms. The standard InChI is InChI=1S/C15H27N3/c1-5-6-7-8-9-12(2)18-14(4)15-13(3)16-10-11-17-15/h10-12,14,18H,5-9H2,1-4H3. The van der Waals surface area contributed by atoms with Gasteiger partial charge in [0.25, 0.3) is 0 Å². The van der Waals surface area contributed by atoms with Crippen LogP contribution in [-0.2, 0) is 0 Å². The Bertz CT molecular complexity index is 338. The molecule has 0 saturated carbocycles. The quantitative estimate of drug-likeness (QED) is 0.712. The second-order valence-electron chi connectivity index (χ2n) is 5.17. The number of aromatic nitrogens is 2. The summed E-state index contributed by atoms with van der Waals surface area (Å²) in [6.07, 6.45) is 10.1. The summed E-state index contributed by atoms with van der Waals surface area (Å²) in [6, 6.07) is 0.818. The van der Waals surface area contributed by atoms with Crippen LogP contribution in [0, 0.1) is 6.92 Å². The highest BCUT2D eigenvalue weighted by Crippen LogP contribution is 2.14. The molecule has 0 radical (unpaired) electrons. The van der Waals surface area contributed by atoms with E-state index in [1.807, 2.05) is 6.92 Å². The third-order valence-corrected chi connectivity index (χ3v) is 3.35. The van der Waals surface area contributed by atoms with Gasteiger partial charge < -0.3 is 5.32 Å². The van der Waals surface area contributed by atoms with Crippen molar-refractivity contribution in [1.82, 2.24) is 15.3 Å². The summed E-state index contributed by atoms with van der Waals surface area (Å²) in [4.78, 5) is 8.71. The third kappa shape index (κ3) is 5.13. The molecule has 1 aromatic heterocycles. The van der Waals surface area contributed by atoms with E-state index in [0.29, 0.717) is 6.04 Å². The van der Waals surface area contributed by atoms with Crippen LogP contribution < -0.4 is 5.32 Å². The second kappa shape index (κ2) is 8.20. The van der Waals surface area contributed by atoms with Gasteiger partial charge in [-0.25, -0.2) is 0 Å². The molecule has 0 fully saturated rings. The molecule has 0 saturated heterocycles. The van der Waals surface area contributed by atoms with E-state index in [-0.39, 0.29) is 6.04 Å². The number of nitrogens with zero attached hydrogens (tertiary/aromatic N) is 2. The molecule has 18 heavy (non-hydrogen) atoms. The van der Waals surface area contributed by atoms with Crippen LogP contribution >= 0.6 is 0 Å². The molecule has 0 spiro atoms. The fourth-order valence-electron chi connectivity index (χ4n) is 2.31. The highest BCUT2D eigenvalue weighted by atomic mass is 15.0. The van der Waals surface area contributed by atoms with Crippen molar-refractivity contribution in [2.75, 3.05) is 0 Å². The highest BCUT2D eigenvalue weighted by Gasteiger charge is 2.12. The minimum absolute atomic E-state index is 0.278. The van der Waals surface area contributed by atoms with E-state index in [0.717, 1.165) is 11.4 Å². The Hall–Kier alpha value is -0.960. The van der Waals surface area contributed by atoms with Gasteiger partial charge in [-0.3, -0.25) is 9.97 Å². The summed E-state index contributed by atoms with van der Waals surface area (Å²) in [5, 5.41) is 3.61. The SMILES string of the molecule is CCCCCCC(C)NC(C)c1nccnc1C. The molecule has 2 unspecified atom stereocenters. The van der Waals surface area contributed by atoms with E-state index >= 15 is 0 Å². The fraction of sp³-hybridized carbons (Fsp3) is 0.733. The average molecular weight is 249 g/mol. The van der Waals surface area contributed by atoms with E-state index < -0.39 is 0 Å². The number of hydrogen-bond acceptors (Lipinski definition) is 3. The van der Waals surface area contributed by atoms with Crippen molar-refractivity contribution in [3.8, 4) is 0 Å². The Morgan fingerprint density at radius 2 is 1.83 bits per heavy atom. The topological polar surface area (TPSA) is 37.8 Å². The van der Waals surface area contributed by atoms with Crippen LogP contribution in [0.5, 0.6) is 0 Å². The largest absolute Gasteiger partial charge is 0.306 e. The predicted octanol–water partition coefficient (Wildman–Crippen LogP) is 3.79. The smallest absolute Gasteiger partial charge is 0.0782 e. The molecule has 0 aliphatic carbocycles. The monoisotopic (exact) mass is 249 g/mol. The Balaban J connectivity index is 2.35. The summed E-state index contributed by atoms with van der Waals surface area (Å²) in [7, 11) is 0. The zero-order chi connectivity index (χ0) is 13.4. The molecule has 1 rings (SSSR count). The van der Waals surface area contributed by atoms with Crippen LogP contribution in [0.25, 0.3) is 0 Å². The normalized spacial score (nSPS) is 14.4. The molecule has 0 aromatic carbocycles. The minimum atomic E-state index is 0.278. The first kappa shape index (κ1) is 15.1. The Morgan fingerprint density at radius 1 is 1.11 bits per heavy atom. The van der Waals surface area contributed by atoms with Crippen LogP contribution in [0.4, 0.5) is 0 Å². The van der Waals surface area contributed by atoms with Gasteiger partial charge >= 0.3 is 0 Å². The highest BCUT2D eigenvalue weighted by molar-refractivity contribution is 5.12. The molecule has 102 valence electrons. The van der Waals surface area contributed by atoms with Crippen molar-refractivity contribution in [2.24, 2.45) is 0 Å². The Morgan fingerprint density at radius 3 is 2.50 bits per heavy atom. The average Bonchev–Trinajstić information content (AvgIpc) is 2.35. The first-order valence-electron chi connectivity index (χ1n) is 7.18. The maximum Gasteiger partial charge on any atom is 0.0782 e. The van der Waals surface area contributed by atoms with Gasteiger partial charge in [-0.15, -0.1) is 0 Å². The molecular weight excluding hydrogens is 222 g/mol. The Labute approximate surface area is 111 Å². The van der Waals surface area contributed by atoms with Crippen LogP contribution in [0.15, 0.2) is 12.4 Å². The van der Waals surface area contributed by atoms with Gasteiger partial charge in [-0.2, -0.15) is 0 Å². The summed E-state index contributed by atoms with van der Waals surface area (Å²) in [5.41, 5.74) is 2.09. The molecule has 1 heterocycles. The predicted molar refractivity (Wildman–Crippen MR) is 76.5 cm³/mol. The number of nitrogens with one attached hydrogen (secondary N) is 1. The second-order valence-corrected chi connectivity index (χ2v) is 5.17. The van der Waals surface area contributed by atoms with E-state index in [1.54, 1.807) is 12.4 Å². The molecule has 3 heteroatoms. The van der Waals surface area contributed by atoms with Gasteiger partial charge in [0.2, 0.25) is 0 Å². The summed E-state index contributed by atoms with van der Waals surface area (Å²) in [6.45, 7) is 8.70. The van der Waals surface area contributed by atoms with Crippen molar-refractivity contribution in [3.05, 3.63) is 23.8 Å². The Kier molecular flexibility index (Phi) is 6.88. The van der Waals surface area contributed by atoms with Crippen molar-refractivity contribution in [1.29, 1.82) is 0 Å². The van der Waals surface area contributed by atoms with Crippen molar-refractivity contribution in [3.63, 3.8) is 0 Å². The number of aryl methyl sites for hydroxylation is 1. The van der Waals surface area contributed by atoms with E-state index in [9.17, 15) is 0 Å². The van der Waals surface area contributed by atoms with Crippen LogP contribution in [0.1, 0.15) is 70.3 Å². The first-order chi connectivity index (χ1) is 8.65. The van der Waals surface area contributed by atoms with Crippen molar-refractivity contribution in [2.45, 2.75) is 71.9 Å². The minimum Gasteiger partial charge on any atom is -0.306 e. The lowest BCUT2D eigenvalue weighted by Gasteiger charge is -2.20. The maximum absolute atomic E-state index is 4.42. The molecule has 1 aromatic rings. The van der Waals surface area contributed by atoms with Gasteiger partial charge in [0.05, 0.1) is 11.4 Å². The molecular formula is C15H27N3. The molecule has 0 aliphatic heterocycles. The number of hydrogen-bond donors (Lipinski definition) is 1. The molecule has 2 atom stereocenters. The lowest BCUT2D eigenvalue weighted by Crippen LogP contribution is -2.30.